The van der Waals surface area contributed by atoms with Crippen LogP contribution in [0.15, 0.2) is 27.0 Å². The molecule has 0 saturated heterocycles. The molecular formula is C14H12BrN3O2S2. The van der Waals surface area contributed by atoms with Crippen LogP contribution in [0.4, 0.5) is 11.5 Å². The lowest BCUT2D eigenvalue weighted by Crippen LogP contribution is -2.06. The van der Waals surface area contributed by atoms with Crippen molar-refractivity contribution in [2.45, 2.75) is 11.1 Å². The highest BCUT2D eigenvalue weighted by Gasteiger charge is 2.24. The second-order valence-corrected chi connectivity index (χ2v) is 6.88. The summed E-state index contributed by atoms with van der Waals surface area (Å²) in [5.41, 5.74) is 0.878. The number of hydrogen-bond donors (Lipinski definition) is 1. The van der Waals surface area contributed by atoms with Gasteiger partial charge in [-0.1, -0.05) is 6.07 Å². The van der Waals surface area contributed by atoms with Gasteiger partial charge in [-0.15, -0.1) is 23.1 Å². The van der Waals surface area contributed by atoms with E-state index in [9.17, 15) is 10.1 Å². The Hall–Kier alpha value is -1.56. The molecule has 0 aliphatic heterocycles. The van der Waals surface area contributed by atoms with Crippen LogP contribution in [-0.2, 0) is 4.74 Å². The summed E-state index contributed by atoms with van der Waals surface area (Å²) in [5.74, 6) is 0.101. The molecule has 8 heteroatoms. The predicted molar refractivity (Wildman–Crippen MR) is 92.0 cm³/mol. The zero-order chi connectivity index (χ0) is 16.1. The minimum absolute atomic E-state index is 0.280. The summed E-state index contributed by atoms with van der Waals surface area (Å²) in [6, 6.07) is 7.52. The van der Waals surface area contributed by atoms with Crippen LogP contribution in [0.5, 0.6) is 0 Å². The summed E-state index contributed by atoms with van der Waals surface area (Å²) < 4.78 is 6.50. The lowest BCUT2D eigenvalue weighted by Gasteiger charge is -2.07. The van der Waals surface area contributed by atoms with Gasteiger partial charge in [0.1, 0.15) is 26.9 Å². The van der Waals surface area contributed by atoms with E-state index in [0.29, 0.717) is 26.5 Å². The number of esters is 1. The minimum atomic E-state index is -0.443. The monoisotopic (exact) mass is 397 g/mol. The number of nitriles is 1. The van der Waals surface area contributed by atoms with Crippen molar-refractivity contribution in [3.05, 3.63) is 33.2 Å². The average molecular weight is 398 g/mol. The lowest BCUT2D eigenvalue weighted by atomic mass is 10.2. The molecule has 0 aliphatic rings. The highest BCUT2D eigenvalue weighted by Crippen LogP contribution is 2.40. The van der Waals surface area contributed by atoms with Gasteiger partial charge in [-0.2, -0.15) is 5.26 Å². The van der Waals surface area contributed by atoms with E-state index in [2.05, 4.69) is 32.3 Å². The van der Waals surface area contributed by atoms with Crippen molar-refractivity contribution in [2.75, 3.05) is 18.2 Å². The Morgan fingerprint density at radius 3 is 2.95 bits per heavy atom. The largest absolute Gasteiger partial charge is 0.462 e. The first-order valence-corrected chi connectivity index (χ1v) is 9.11. The fourth-order valence-electron chi connectivity index (χ4n) is 1.72. The van der Waals surface area contributed by atoms with Crippen molar-refractivity contribution < 1.29 is 9.53 Å². The highest BCUT2D eigenvalue weighted by molar-refractivity contribution is 9.10. The number of carbonyl (C=O) groups is 1. The first kappa shape index (κ1) is 16.8. The third-order valence-corrected chi connectivity index (χ3v) is 5.33. The summed E-state index contributed by atoms with van der Waals surface area (Å²) in [6.45, 7) is 2.02. The topological polar surface area (TPSA) is 75.0 Å². The summed E-state index contributed by atoms with van der Waals surface area (Å²) >= 11 is 5.96. The maximum absolute atomic E-state index is 12.1. The van der Waals surface area contributed by atoms with Gasteiger partial charge in [-0.05, 0) is 41.2 Å². The smallest absolute Gasteiger partial charge is 0.350 e. The van der Waals surface area contributed by atoms with Crippen molar-refractivity contribution in [1.82, 2.24) is 4.98 Å². The van der Waals surface area contributed by atoms with Gasteiger partial charge < -0.3 is 10.1 Å². The van der Waals surface area contributed by atoms with Gasteiger partial charge >= 0.3 is 5.97 Å². The minimum Gasteiger partial charge on any atom is -0.462 e. The Bertz CT molecular complexity index is 740. The van der Waals surface area contributed by atoms with Crippen LogP contribution in [0.1, 0.15) is 22.2 Å². The highest BCUT2D eigenvalue weighted by atomic mass is 79.9. The number of carbonyl (C=O) groups excluding carboxylic acids is 1. The molecule has 114 valence electrons. The van der Waals surface area contributed by atoms with E-state index < -0.39 is 5.97 Å². The second kappa shape index (κ2) is 7.63. The van der Waals surface area contributed by atoms with Crippen LogP contribution >= 0.6 is 39.0 Å². The number of rotatable bonds is 5. The van der Waals surface area contributed by atoms with Crippen molar-refractivity contribution in [3.8, 4) is 6.07 Å². The maximum atomic E-state index is 12.1. The molecule has 2 rings (SSSR count). The number of hydrogen-bond acceptors (Lipinski definition) is 7. The normalized spacial score (nSPS) is 10.1. The number of pyridine rings is 1. The fraction of sp³-hybridized carbons (Fsp3) is 0.214. The van der Waals surface area contributed by atoms with Crippen LogP contribution in [0, 0.1) is 11.3 Å². The summed E-state index contributed by atoms with van der Waals surface area (Å²) in [5, 5.41) is 12.5. The number of thiophene rings is 1. The quantitative estimate of drug-likeness (QED) is 0.457. The zero-order valence-electron chi connectivity index (χ0n) is 11.8. The number of anilines is 2. The average Bonchev–Trinajstić information content (AvgIpc) is 2.85. The Kier molecular flexibility index (Phi) is 5.83. The molecule has 0 saturated carbocycles. The van der Waals surface area contributed by atoms with E-state index in [4.69, 9.17) is 4.74 Å². The third kappa shape index (κ3) is 3.61. The molecule has 0 bridgehead atoms. The van der Waals surface area contributed by atoms with Gasteiger partial charge in [0, 0.05) is 0 Å². The molecule has 2 aromatic heterocycles. The molecule has 0 unspecified atom stereocenters. The van der Waals surface area contributed by atoms with E-state index in [1.54, 1.807) is 19.1 Å². The molecule has 0 aliphatic carbocycles. The van der Waals surface area contributed by atoms with Crippen molar-refractivity contribution in [3.63, 3.8) is 0 Å². The second-order valence-electron chi connectivity index (χ2n) is 3.98. The van der Waals surface area contributed by atoms with Gasteiger partial charge in [-0.3, -0.25) is 0 Å². The summed E-state index contributed by atoms with van der Waals surface area (Å²) in [6.07, 6.45) is 1.86. The molecule has 22 heavy (non-hydrogen) atoms. The van der Waals surface area contributed by atoms with E-state index in [1.165, 1.54) is 23.1 Å². The standard InChI is InChI=1S/C14H12BrN3O2S2/c1-3-20-13(19)12-11(8(7-16)14(21-2)22-12)18-10-6-4-5-9(15)17-10/h4-6H,3H2,1-2H3,(H,17,18). The van der Waals surface area contributed by atoms with Crippen molar-refractivity contribution in [2.24, 2.45) is 0 Å². The number of ether oxygens (including phenoxy) is 1. The SMILES string of the molecule is CCOC(=O)c1sc(SC)c(C#N)c1Nc1cccc(Br)n1. The fourth-order valence-corrected chi connectivity index (χ4v) is 3.83. The predicted octanol–water partition coefficient (Wildman–Crippen LogP) is 4.42. The molecule has 2 aromatic rings. The Balaban J connectivity index is 2.49. The van der Waals surface area contributed by atoms with Gasteiger partial charge in [-0.25, -0.2) is 9.78 Å². The summed E-state index contributed by atoms with van der Waals surface area (Å²) in [4.78, 5) is 16.8. The number of halogens is 1. The molecule has 2 heterocycles. The molecule has 0 spiro atoms. The molecule has 1 N–H and O–H groups in total. The Labute approximate surface area is 144 Å². The van der Waals surface area contributed by atoms with Crippen LogP contribution in [0.2, 0.25) is 0 Å². The molecule has 5 nitrogen and oxygen atoms in total. The van der Waals surface area contributed by atoms with Gasteiger partial charge in [0.2, 0.25) is 0 Å². The van der Waals surface area contributed by atoms with Crippen LogP contribution in [-0.4, -0.2) is 23.8 Å². The maximum Gasteiger partial charge on any atom is 0.350 e. The van der Waals surface area contributed by atoms with E-state index in [-0.39, 0.29) is 6.61 Å². The lowest BCUT2D eigenvalue weighted by molar-refractivity contribution is 0.0533. The van der Waals surface area contributed by atoms with Crippen molar-refractivity contribution >= 4 is 56.5 Å². The van der Waals surface area contributed by atoms with Crippen molar-refractivity contribution in [1.29, 1.82) is 5.26 Å². The molecule has 0 atom stereocenters. The zero-order valence-corrected chi connectivity index (χ0v) is 15.1. The molecular weight excluding hydrogens is 386 g/mol. The molecule has 0 aromatic carbocycles. The number of nitrogens with one attached hydrogen (secondary N) is 1. The van der Waals surface area contributed by atoms with E-state index >= 15 is 0 Å². The van der Waals surface area contributed by atoms with E-state index in [1.807, 2.05) is 12.3 Å². The number of thioether (sulfide) groups is 1. The van der Waals surface area contributed by atoms with Gasteiger partial charge in [0.25, 0.3) is 0 Å². The van der Waals surface area contributed by atoms with Crippen LogP contribution in [0.25, 0.3) is 0 Å². The van der Waals surface area contributed by atoms with Crippen LogP contribution < -0.4 is 5.32 Å². The first-order chi connectivity index (χ1) is 10.6. The first-order valence-electron chi connectivity index (χ1n) is 6.28. The molecule has 0 amide bonds. The van der Waals surface area contributed by atoms with Crippen LogP contribution in [0.3, 0.4) is 0 Å². The Morgan fingerprint density at radius 2 is 2.36 bits per heavy atom. The molecule has 0 fully saturated rings. The summed E-state index contributed by atoms with van der Waals surface area (Å²) in [7, 11) is 0. The van der Waals surface area contributed by atoms with Gasteiger partial charge in [0.05, 0.1) is 16.5 Å². The van der Waals surface area contributed by atoms with Gasteiger partial charge in [0.15, 0.2) is 0 Å². The third-order valence-electron chi connectivity index (χ3n) is 2.60. The number of aromatic nitrogens is 1. The number of nitrogens with zero attached hydrogens (tertiary/aromatic N) is 2. The Morgan fingerprint density at radius 1 is 1.59 bits per heavy atom. The van der Waals surface area contributed by atoms with E-state index in [0.717, 1.165) is 4.21 Å². The molecule has 0 radical (unpaired) electrons.